The highest BCUT2D eigenvalue weighted by atomic mass is 32.2. The van der Waals surface area contributed by atoms with E-state index in [2.05, 4.69) is 64.0 Å². The van der Waals surface area contributed by atoms with Crippen LogP contribution in [-0.4, -0.2) is 30.9 Å². The van der Waals surface area contributed by atoms with Crippen LogP contribution in [0.15, 0.2) is 94.5 Å². The molecule has 0 radical (unpaired) electrons. The summed E-state index contributed by atoms with van der Waals surface area (Å²) in [6.45, 7) is 4.09. The largest absolute Gasteiger partial charge is 0.317 e. The molecular weight excluding hydrogens is 498 g/mol. The number of carbonyl (C=O) groups excluding carboxylic acids is 1. The van der Waals surface area contributed by atoms with Gasteiger partial charge in [0.25, 0.3) is 5.91 Å². The van der Waals surface area contributed by atoms with Gasteiger partial charge < -0.3 is 4.57 Å². The Morgan fingerprint density at radius 1 is 1.00 bits per heavy atom. The number of carbonyl (C=O) groups is 1. The summed E-state index contributed by atoms with van der Waals surface area (Å²) in [6.07, 6.45) is 1.77. The molecule has 4 aromatic rings. The number of aryl methyl sites for hydroxylation is 1. The van der Waals surface area contributed by atoms with Crippen LogP contribution in [-0.2, 0) is 10.5 Å². The summed E-state index contributed by atoms with van der Waals surface area (Å²) >= 11 is 2.91. The Morgan fingerprint density at radius 2 is 1.76 bits per heavy atom. The van der Waals surface area contributed by atoms with Gasteiger partial charge in [0.15, 0.2) is 10.2 Å². The van der Waals surface area contributed by atoms with Crippen LogP contribution in [0.4, 0.5) is 0 Å². The number of amides is 1. The number of hydrazone groups is 1. The van der Waals surface area contributed by atoms with Gasteiger partial charge in [-0.05, 0) is 60.3 Å². The highest BCUT2D eigenvalue weighted by Gasteiger charge is 2.36. The Hall–Kier alpha value is -3.88. The predicted molar refractivity (Wildman–Crippen MR) is 155 cm³/mol. The number of amidine groups is 2. The molecule has 2 aliphatic rings. The second kappa shape index (κ2) is 9.53. The summed E-state index contributed by atoms with van der Waals surface area (Å²) in [7, 11) is 0. The van der Waals surface area contributed by atoms with Crippen molar-refractivity contribution in [3.05, 3.63) is 107 Å². The number of nitrogens with one attached hydrogen (secondary N) is 1. The fraction of sp³-hybridized carbons (Fsp3) is 0.103. The summed E-state index contributed by atoms with van der Waals surface area (Å²) < 4.78 is 2.97. The molecule has 182 valence electrons. The van der Waals surface area contributed by atoms with Crippen molar-refractivity contribution in [2.45, 2.75) is 19.6 Å². The van der Waals surface area contributed by atoms with Crippen molar-refractivity contribution in [3.63, 3.8) is 0 Å². The van der Waals surface area contributed by atoms with E-state index in [-0.39, 0.29) is 11.4 Å². The van der Waals surface area contributed by atoms with Gasteiger partial charge in [0.1, 0.15) is 0 Å². The van der Waals surface area contributed by atoms with Crippen LogP contribution >= 0.6 is 23.5 Å². The molecule has 8 heteroatoms. The number of rotatable bonds is 4. The zero-order valence-corrected chi connectivity index (χ0v) is 21.9. The minimum atomic E-state index is -0.414. The third kappa shape index (κ3) is 4.32. The summed E-state index contributed by atoms with van der Waals surface area (Å²) in [5.41, 5.74) is 5.44. The van der Waals surface area contributed by atoms with Crippen molar-refractivity contribution < 1.29 is 4.79 Å². The maximum Gasteiger partial charge on any atom is 0.283 e. The zero-order chi connectivity index (χ0) is 25.5. The fourth-order valence-electron chi connectivity index (χ4n) is 4.62. The van der Waals surface area contributed by atoms with E-state index in [0.717, 1.165) is 38.2 Å². The van der Waals surface area contributed by atoms with E-state index < -0.39 is 5.91 Å². The minimum Gasteiger partial charge on any atom is -0.317 e. The Morgan fingerprint density at radius 3 is 2.59 bits per heavy atom. The lowest BCUT2D eigenvalue weighted by Crippen LogP contribution is -2.35. The lowest BCUT2D eigenvalue weighted by molar-refractivity contribution is -0.114. The van der Waals surface area contributed by atoms with E-state index in [0.29, 0.717) is 5.17 Å². The monoisotopic (exact) mass is 521 g/mol. The average Bonchev–Trinajstić information content (AvgIpc) is 3.45. The SMILES string of the molecule is Cc1cc(C=C2C(=N)N3N=C(SCc4ccccc4)SC3=NC2=O)c(C)n1-c1cccc2ccccc12. The Balaban J connectivity index is 1.31. The van der Waals surface area contributed by atoms with Gasteiger partial charge >= 0.3 is 0 Å². The molecule has 0 saturated heterocycles. The van der Waals surface area contributed by atoms with E-state index >= 15 is 0 Å². The standard InChI is InChI=1S/C29H23N5OS2/c1-18-15-22(19(2)33(18)25-14-8-12-21-11-6-7-13-23(21)25)16-24-26(30)34-28(31-27(24)35)37-29(32-34)36-17-20-9-4-3-5-10-20/h3-16,30H,17H2,1-2H3. The molecule has 37 heavy (non-hydrogen) atoms. The third-order valence-corrected chi connectivity index (χ3v) is 8.53. The first-order chi connectivity index (χ1) is 18.0. The zero-order valence-electron chi connectivity index (χ0n) is 20.3. The van der Waals surface area contributed by atoms with Gasteiger partial charge in [-0.1, -0.05) is 78.5 Å². The van der Waals surface area contributed by atoms with E-state index in [1.54, 1.807) is 17.8 Å². The van der Waals surface area contributed by atoms with Gasteiger partial charge in [0.2, 0.25) is 5.17 Å². The van der Waals surface area contributed by atoms with Crippen molar-refractivity contribution in [3.8, 4) is 5.69 Å². The molecule has 0 bridgehead atoms. The van der Waals surface area contributed by atoms with Crippen LogP contribution in [0.25, 0.3) is 22.5 Å². The highest BCUT2D eigenvalue weighted by molar-refractivity contribution is 8.45. The molecule has 1 aromatic heterocycles. The number of benzene rings is 3. The number of thioether (sulfide) groups is 2. The summed E-state index contributed by atoms with van der Waals surface area (Å²) in [5, 5.41) is 17.6. The molecular formula is C29H23N5OS2. The molecule has 0 fully saturated rings. The highest BCUT2D eigenvalue weighted by Crippen LogP contribution is 2.34. The van der Waals surface area contributed by atoms with E-state index in [1.165, 1.54) is 27.7 Å². The van der Waals surface area contributed by atoms with Crippen molar-refractivity contribution in [2.24, 2.45) is 10.1 Å². The van der Waals surface area contributed by atoms with Crippen molar-refractivity contribution >= 4 is 61.7 Å². The summed E-state index contributed by atoms with van der Waals surface area (Å²) in [4.78, 5) is 17.2. The normalized spacial score (nSPS) is 16.4. The Bertz CT molecular complexity index is 1660. The van der Waals surface area contributed by atoms with Gasteiger partial charge in [-0.2, -0.15) is 10.0 Å². The molecule has 2 aliphatic heterocycles. The molecule has 1 amide bonds. The molecule has 3 heterocycles. The van der Waals surface area contributed by atoms with Crippen LogP contribution in [0.1, 0.15) is 22.5 Å². The van der Waals surface area contributed by atoms with Gasteiger partial charge in [-0.25, -0.2) is 0 Å². The van der Waals surface area contributed by atoms with Crippen LogP contribution in [0.3, 0.4) is 0 Å². The van der Waals surface area contributed by atoms with E-state index in [4.69, 9.17) is 5.41 Å². The van der Waals surface area contributed by atoms with Crippen molar-refractivity contribution in [1.82, 2.24) is 9.58 Å². The number of hydrogen-bond acceptors (Lipinski definition) is 5. The predicted octanol–water partition coefficient (Wildman–Crippen LogP) is 6.76. The lowest BCUT2D eigenvalue weighted by Gasteiger charge is -2.20. The molecule has 1 N–H and O–H groups in total. The third-order valence-electron chi connectivity index (χ3n) is 6.42. The second-order valence-electron chi connectivity index (χ2n) is 8.82. The number of fused-ring (bicyclic) bond motifs is 2. The van der Waals surface area contributed by atoms with Crippen molar-refractivity contribution in [1.29, 1.82) is 5.41 Å². The Labute approximate surface area is 223 Å². The summed E-state index contributed by atoms with van der Waals surface area (Å²) in [5.74, 6) is 0.397. The molecule has 6 nitrogen and oxygen atoms in total. The van der Waals surface area contributed by atoms with Gasteiger partial charge in [0.05, 0.1) is 11.3 Å². The van der Waals surface area contributed by atoms with Gasteiger partial charge in [-0.15, -0.1) is 5.10 Å². The molecule has 6 rings (SSSR count). The van der Waals surface area contributed by atoms with Crippen LogP contribution in [0.5, 0.6) is 0 Å². The summed E-state index contributed by atoms with van der Waals surface area (Å²) in [6, 6.07) is 26.8. The lowest BCUT2D eigenvalue weighted by atomic mass is 10.1. The topological polar surface area (TPSA) is 73.8 Å². The maximum atomic E-state index is 13.0. The first-order valence-corrected chi connectivity index (χ1v) is 13.6. The number of nitrogens with zero attached hydrogens (tertiary/aromatic N) is 4. The molecule has 3 aromatic carbocycles. The van der Waals surface area contributed by atoms with Gasteiger partial charge in [-0.3, -0.25) is 10.2 Å². The van der Waals surface area contributed by atoms with Crippen LogP contribution in [0.2, 0.25) is 0 Å². The first-order valence-electron chi connectivity index (χ1n) is 11.8. The van der Waals surface area contributed by atoms with E-state index in [9.17, 15) is 4.79 Å². The second-order valence-corrected chi connectivity index (χ2v) is 11.0. The number of aliphatic imine (C=N–C) groups is 1. The molecule has 0 unspecified atom stereocenters. The molecule has 0 spiro atoms. The quantitative estimate of drug-likeness (QED) is 0.301. The molecule has 0 aliphatic carbocycles. The molecule has 0 atom stereocenters. The fourth-order valence-corrected chi connectivity index (χ4v) is 6.50. The Kier molecular flexibility index (Phi) is 6.06. The maximum absolute atomic E-state index is 13.0. The molecule has 0 saturated carbocycles. The minimum absolute atomic E-state index is 0.0489. The number of aromatic nitrogens is 1. The van der Waals surface area contributed by atoms with Crippen molar-refractivity contribution in [2.75, 3.05) is 0 Å². The van der Waals surface area contributed by atoms with Gasteiger partial charge in [0, 0.05) is 22.5 Å². The van der Waals surface area contributed by atoms with E-state index in [1.807, 2.05) is 43.3 Å². The first kappa shape index (κ1) is 23.5. The average molecular weight is 522 g/mol. The smallest absolute Gasteiger partial charge is 0.283 e. The number of hydrogen-bond donors (Lipinski definition) is 1. The van der Waals surface area contributed by atoms with Crippen LogP contribution < -0.4 is 0 Å². The van der Waals surface area contributed by atoms with Crippen LogP contribution in [0, 0.1) is 19.3 Å².